The molecule has 0 bridgehead atoms. The topological polar surface area (TPSA) is 66.1 Å². The van der Waals surface area contributed by atoms with Crippen LogP contribution in [0.5, 0.6) is 0 Å². The summed E-state index contributed by atoms with van der Waals surface area (Å²) in [4.78, 5) is 33.6. The molecule has 6 heteroatoms. The van der Waals surface area contributed by atoms with E-state index >= 15 is 0 Å². The number of benzene rings is 1. The van der Waals surface area contributed by atoms with Crippen LogP contribution in [-0.2, 0) is 16.6 Å². The lowest BCUT2D eigenvalue weighted by atomic mass is 9.83. The molecule has 0 saturated carbocycles. The Morgan fingerprint density at radius 1 is 1.33 bits per heavy atom. The standard InChI is InChI=1S/C21H25N3O2S/c1-5-8-14-11-19(26)23-20(22-14)27-13-15(25)12-18-21(2,3)16-9-6-7-10-17(16)24(18)4/h6-7,9-12H,5,8,13H2,1-4H3,(H,22,23,26). The minimum absolute atomic E-state index is 0.00581. The molecule has 0 atom stereocenters. The number of anilines is 1. The number of nitrogens with zero attached hydrogens (tertiary/aromatic N) is 2. The van der Waals surface area contributed by atoms with Crippen LogP contribution in [0.4, 0.5) is 5.69 Å². The lowest BCUT2D eigenvalue weighted by Crippen LogP contribution is -2.24. The maximum absolute atomic E-state index is 12.6. The molecule has 0 unspecified atom stereocenters. The van der Waals surface area contributed by atoms with E-state index < -0.39 is 0 Å². The highest BCUT2D eigenvalue weighted by Crippen LogP contribution is 2.46. The van der Waals surface area contributed by atoms with E-state index in [-0.39, 0.29) is 22.5 Å². The van der Waals surface area contributed by atoms with Crippen LogP contribution in [0.3, 0.4) is 0 Å². The lowest BCUT2D eigenvalue weighted by Gasteiger charge is -2.23. The predicted octanol–water partition coefficient (Wildman–Crippen LogP) is 3.70. The van der Waals surface area contributed by atoms with Crippen molar-refractivity contribution in [2.24, 2.45) is 0 Å². The van der Waals surface area contributed by atoms with Crippen molar-refractivity contribution >= 4 is 23.2 Å². The molecule has 0 saturated heterocycles. The molecule has 0 amide bonds. The number of rotatable bonds is 6. The number of nitrogens with one attached hydrogen (secondary N) is 1. The van der Waals surface area contributed by atoms with Gasteiger partial charge in [-0.2, -0.15) is 0 Å². The Labute approximate surface area is 163 Å². The van der Waals surface area contributed by atoms with Gasteiger partial charge in [-0.25, -0.2) is 4.98 Å². The number of allylic oxidation sites excluding steroid dienone is 2. The molecule has 1 aromatic heterocycles. The van der Waals surface area contributed by atoms with Crippen molar-refractivity contribution in [3.8, 4) is 0 Å². The van der Waals surface area contributed by atoms with Gasteiger partial charge in [0.05, 0.1) is 5.75 Å². The molecule has 27 heavy (non-hydrogen) atoms. The normalized spacial score (nSPS) is 16.6. The number of ketones is 1. The first-order chi connectivity index (χ1) is 12.8. The van der Waals surface area contributed by atoms with E-state index in [1.807, 2.05) is 26.1 Å². The van der Waals surface area contributed by atoms with Gasteiger partial charge >= 0.3 is 0 Å². The number of carbonyl (C=O) groups is 1. The number of H-pyrrole nitrogens is 1. The Morgan fingerprint density at radius 3 is 2.78 bits per heavy atom. The molecule has 142 valence electrons. The van der Waals surface area contributed by atoms with Gasteiger partial charge in [0.2, 0.25) is 0 Å². The molecule has 5 nitrogen and oxygen atoms in total. The number of likely N-dealkylation sites (N-methyl/N-ethyl adjacent to an activating group) is 1. The zero-order valence-corrected chi connectivity index (χ0v) is 17.0. The third-order valence-corrected chi connectivity index (χ3v) is 5.76. The number of aromatic nitrogens is 2. The zero-order valence-electron chi connectivity index (χ0n) is 16.2. The molecular weight excluding hydrogens is 358 g/mol. The fourth-order valence-electron chi connectivity index (χ4n) is 3.53. The first-order valence-electron chi connectivity index (χ1n) is 9.14. The molecule has 0 spiro atoms. The monoisotopic (exact) mass is 383 g/mol. The minimum Gasteiger partial charge on any atom is -0.347 e. The second-order valence-corrected chi connectivity index (χ2v) is 8.24. The van der Waals surface area contributed by atoms with E-state index in [4.69, 9.17) is 0 Å². The summed E-state index contributed by atoms with van der Waals surface area (Å²) in [5.41, 5.74) is 3.70. The third-order valence-electron chi connectivity index (χ3n) is 4.87. The van der Waals surface area contributed by atoms with Crippen LogP contribution in [0.15, 0.2) is 52.1 Å². The van der Waals surface area contributed by atoms with Gasteiger partial charge in [0.25, 0.3) is 5.56 Å². The summed E-state index contributed by atoms with van der Waals surface area (Å²) in [5.74, 6) is 0.244. The summed E-state index contributed by atoms with van der Waals surface area (Å²) in [5, 5.41) is 0.500. The largest absolute Gasteiger partial charge is 0.347 e. The Hall–Kier alpha value is -2.34. The lowest BCUT2D eigenvalue weighted by molar-refractivity contribution is -0.112. The molecular formula is C21H25N3O2S. The second kappa shape index (κ2) is 7.72. The Kier molecular flexibility index (Phi) is 5.56. The highest BCUT2D eigenvalue weighted by Gasteiger charge is 2.38. The molecule has 1 aliphatic rings. The van der Waals surface area contributed by atoms with Gasteiger partial charge in [-0.15, -0.1) is 0 Å². The van der Waals surface area contributed by atoms with Gasteiger partial charge in [0.1, 0.15) is 0 Å². The number of carbonyl (C=O) groups excluding carboxylic acids is 1. The van der Waals surface area contributed by atoms with E-state index in [0.29, 0.717) is 5.16 Å². The summed E-state index contributed by atoms with van der Waals surface area (Å²) in [6.07, 6.45) is 3.40. The smallest absolute Gasteiger partial charge is 0.251 e. The zero-order chi connectivity index (χ0) is 19.6. The first-order valence-corrected chi connectivity index (χ1v) is 10.1. The summed E-state index contributed by atoms with van der Waals surface area (Å²) in [7, 11) is 1.99. The molecule has 1 aliphatic heterocycles. The van der Waals surface area contributed by atoms with Gasteiger partial charge in [0, 0.05) is 41.7 Å². The molecule has 2 heterocycles. The van der Waals surface area contributed by atoms with Crippen molar-refractivity contribution in [1.82, 2.24) is 9.97 Å². The van der Waals surface area contributed by atoms with Crippen molar-refractivity contribution in [2.45, 2.75) is 44.2 Å². The second-order valence-electron chi connectivity index (χ2n) is 7.28. The van der Waals surface area contributed by atoms with Gasteiger partial charge < -0.3 is 9.88 Å². The van der Waals surface area contributed by atoms with Gasteiger partial charge in [-0.3, -0.25) is 9.59 Å². The number of hydrogen-bond donors (Lipinski definition) is 1. The quantitative estimate of drug-likeness (QED) is 0.468. The maximum atomic E-state index is 12.6. The average Bonchev–Trinajstić information content (AvgIpc) is 2.81. The number of thioether (sulfide) groups is 1. The van der Waals surface area contributed by atoms with Crippen LogP contribution in [0.2, 0.25) is 0 Å². The van der Waals surface area contributed by atoms with Crippen molar-refractivity contribution in [2.75, 3.05) is 17.7 Å². The molecule has 1 aromatic carbocycles. The average molecular weight is 384 g/mol. The SMILES string of the molecule is CCCc1cc(=O)[nH]c(SCC(=O)C=C2N(C)c3ccccc3C2(C)C)n1. The predicted molar refractivity (Wildman–Crippen MR) is 111 cm³/mol. The van der Waals surface area contributed by atoms with Crippen LogP contribution in [-0.4, -0.2) is 28.6 Å². The maximum Gasteiger partial charge on any atom is 0.251 e. The van der Waals surface area contributed by atoms with E-state index in [0.717, 1.165) is 29.9 Å². The summed E-state index contributed by atoms with van der Waals surface area (Å²) >= 11 is 1.27. The van der Waals surface area contributed by atoms with Crippen molar-refractivity contribution in [1.29, 1.82) is 0 Å². The Balaban J connectivity index is 1.76. The fraction of sp³-hybridized carbons (Fsp3) is 0.381. The van der Waals surface area contributed by atoms with Crippen molar-refractivity contribution in [3.05, 3.63) is 63.7 Å². The molecule has 0 radical (unpaired) electrons. The van der Waals surface area contributed by atoms with E-state index in [2.05, 4.69) is 40.8 Å². The molecule has 2 aromatic rings. The van der Waals surface area contributed by atoms with Gasteiger partial charge in [0.15, 0.2) is 10.9 Å². The van der Waals surface area contributed by atoms with Crippen LogP contribution in [0, 0.1) is 0 Å². The summed E-state index contributed by atoms with van der Waals surface area (Å²) in [6.45, 7) is 6.31. The van der Waals surface area contributed by atoms with E-state index in [1.54, 1.807) is 6.08 Å². The number of fused-ring (bicyclic) bond motifs is 1. The van der Waals surface area contributed by atoms with Crippen LogP contribution >= 0.6 is 11.8 Å². The molecule has 1 N–H and O–H groups in total. The molecule has 3 rings (SSSR count). The van der Waals surface area contributed by atoms with Crippen molar-refractivity contribution in [3.63, 3.8) is 0 Å². The highest BCUT2D eigenvalue weighted by molar-refractivity contribution is 7.99. The van der Waals surface area contributed by atoms with Gasteiger partial charge in [-0.05, 0) is 18.1 Å². The number of aromatic amines is 1. The van der Waals surface area contributed by atoms with E-state index in [9.17, 15) is 9.59 Å². The minimum atomic E-state index is -0.223. The van der Waals surface area contributed by atoms with Gasteiger partial charge in [-0.1, -0.05) is 57.2 Å². The number of aryl methyl sites for hydroxylation is 1. The fourth-order valence-corrected chi connectivity index (χ4v) is 4.25. The number of hydrogen-bond acceptors (Lipinski definition) is 5. The third kappa shape index (κ3) is 4.00. The van der Waals surface area contributed by atoms with Crippen LogP contribution in [0.1, 0.15) is 38.4 Å². The number of para-hydroxylation sites is 1. The Bertz CT molecular complexity index is 946. The highest BCUT2D eigenvalue weighted by atomic mass is 32.2. The van der Waals surface area contributed by atoms with Crippen molar-refractivity contribution < 1.29 is 4.79 Å². The first kappa shape index (κ1) is 19.4. The van der Waals surface area contributed by atoms with E-state index in [1.165, 1.54) is 23.4 Å². The molecule has 0 fully saturated rings. The summed E-state index contributed by atoms with van der Waals surface area (Å²) < 4.78 is 0. The summed E-state index contributed by atoms with van der Waals surface area (Å²) in [6, 6.07) is 9.74. The Morgan fingerprint density at radius 2 is 2.07 bits per heavy atom. The van der Waals surface area contributed by atoms with Crippen LogP contribution in [0.25, 0.3) is 0 Å². The van der Waals surface area contributed by atoms with Crippen LogP contribution < -0.4 is 10.5 Å². The molecule has 0 aliphatic carbocycles.